The number of hydrogen-bond acceptors (Lipinski definition) is 3. The van der Waals surface area contributed by atoms with Crippen molar-refractivity contribution in [3.05, 3.63) is 28.7 Å². The van der Waals surface area contributed by atoms with Crippen LogP contribution in [0, 0.1) is 5.92 Å². The Morgan fingerprint density at radius 1 is 1.29 bits per heavy atom. The van der Waals surface area contributed by atoms with Gasteiger partial charge < -0.3 is 4.98 Å². The van der Waals surface area contributed by atoms with Crippen LogP contribution < -0.4 is 5.43 Å². The number of aromatic nitrogens is 1. The fourth-order valence-corrected chi connectivity index (χ4v) is 2.93. The van der Waals surface area contributed by atoms with E-state index in [0.717, 1.165) is 0 Å². The summed E-state index contributed by atoms with van der Waals surface area (Å²) in [5.74, 6) is 0.178. The summed E-state index contributed by atoms with van der Waals surface area (Å²) in [4.78, 5) is 13.9. The first kappa shape index (κ1) is 13.9. The maximum atomic E-state index is 12.2. The minimum absolute atomic E-state index is 0.167. The number of sulfonamides is 1. The van der Waals surface area contributed by atoms with Crippen molar-refractivity contribution in [2.24, 2.45) is 5.92 Å². The molecule has 0 aliphatic carbocycles. The minimum atomic E-state index is -3.72. The second-order valence-corrected chi connectivity index (χ2v) is 6.34. The molecule has 0 fully saturated rings. The average Bonchev–Trinajstić information content (AvgIpc) is 2.27. The fraction of sp³-hybridized carbons (Fsp3) is 0.545. The Bertz CT molecular complexity index is 534. The van der Waals surface area contributed by atoms with E-state index in [1.54, 1.807) is 0 Å². The van der Waals surface area contributed by atoms with E-state index in [-0.39, 0.29) is 16.9 Å². The number of rotatable bonds is 4. The third-order valence-electron chi connectivity index (χ3n) is 2.98. The van der Waals surface area contributed by atoms with E-state index in [0.29, 0.717) is 0 Å². The molecule has 6 heteroatoms. The summed E-state index contributed by atoms with van der Waals surface area (Å²) in [6, 6.07) is 1.04. The molecule has 0 spiro atoms. The Morgan fingerprint density at radius 3 is 2.35 bits per heavy atom. The lowest BCUT2D eigenvalue weighted by atomic mass is 10.1. The van der Waals surface area contributed by atoms with E-state index in [9.17, 15) is 13.2 Å². The van der Waals surface area contributed by atoms with Gasteiger partial charge in [-0.1, -0.05) is 13.8 Å². The van der Waals surface area contributed by atoms with E-state index in [1.165, 1.54) is 29.8 Å². The van der Waals surface area contributed by atoms with Crippen LogP contribution in [0.3, 0.4) is 0 Å². The molecule has 1 aromatic rings. The monoisotopic (exact) mass is 258 g/mol. The highest BCUT2D eigenvalue weighted by molar-refractivity contribution is 7.89. The van der Waals surface area contributed by atoms with Gasteiger partial charge in [0.15, 0.2) is 0 Å². The van der Waals surface area contributed by atoms with Gasteiger partial charge in [-0.3, -0.25) is 4.79 Å². The molecule has 1 N–H and O–H groups in total. The van der Waals surface area contributed by atoms with Gasteiger partial charge in [-0.05, 0) is 12.8 Å². The topological polar surface area (TPSA) is 70.2 Å². The normalized spacial score (nSPS) is 14.2. The second kappa shape index (κ2) is 5.01. The summed E-state index contributed by atoms with van der Waals surface area (Å²) < 4.78 is 25.6. The van der Waals surface area contributed by atoms with E-state index in [1.807, 2.05) is 20.8 Å². The number of hydrogen-bond donors (Lipinski definition) is 1. The molecule has 0 radical (unpaired) electrons. The van der Waals surface area contributed by atoms with E-state index in [4.69, 9.17) is 0 Å². The fourth-order valence-electron chi connectivity index (χ4n) is 1.40. The van der Waals surface area contributed by atoms with Gasteiger partial charge in [-0.2, -0.15) is 4.31 Å². The van der Waals surface area contributed by atoms with Gasteiger partial charge >= 0.3 is 0 Å². The van der Waals surface area contributed by atoms with Crippen molar-refractivity contribution in [1.29, 1.82) is 0 Å². The van der Waals surface area contributed by atoms with Crippen molar-refractivity contribution >= 4 is 10.0 Å². The first-order chi connectivity index (χ1) is 7.78. The van der Waals surface area contributed by atoms with E-state index < -0.39 is 15.5 Å². The van der Waals surface area contributed by atoms with Gasteiger partial charge in [0, 0.05) is 31.5 Å². The molecular weight excluding hydrogens is 240 g/mol. The van der Waals surface area contributed by atoms with Crippen LogP contribution in [-0.2, 0) is 10.0 Å². The molecule has 1 atom stereocenters. The highest BCUT2D eigenvalue weighted by atomic mass is 32.2. The Labute approximate surface area is 102 Å². The zero-order valence-corrected chi connectivity index (χ0v) is 11.3. The van der Waals surface area contributed by atoms with Gasteiger partial charge in [-0.15, -0.1) is 0 Å². The number of H-pyrrole nitrogens is 1. The summed E-state index contributed by atoms with van der Waals surface area (Å²) >= 11 is 0. The molecule has 0 bridgehead atoms. The smallest absolute Gasteiger partial charge is 0.248 e. The number of nitrogens with zero attached hydrogens (tertiary/aromatic N) is 1. The van der Waals surface area contributed by atoms with Crippen molar-refractivity contribution in [2.75, 3.05) is 7.05 Å². The van der Waals surface area contributed by atoms with Gasteiger partial charge in [0.2, 0.25) is 15.5 Å². The third-order valence-corrected chi connectivity index (χ3v) is 4.95. The van der Waals surface area contributed by atoms with Gasteiger partial charge in [0.05, 0.1) is 0 Å². The molecule has 1 aromatic heterocycles. The first-order valence-corrected chi connectivity index (χ1v) is 6.87. The summed E-state index contributed by atoms with van der Waals surface area (Å²) in [7, 11) is -2.23. The molecule has 0 saturated carbocycles. The van der Waals surface area contributed by atoms with Crippen LogP contribution in [0.2, 0.25) is 0 Å². The zero-order chi connectivity index (χ0) is 13.2. The molecule has 1 unspecified atom stereocenters. The predicted molar refractivity (Wildman–Crippen MR) is 66.3 cm³/mol. The lowest BCUT2D eigenvalue weighted by Crippen LogP contribution is -2.39. The Hall–Kier alpha value is -1.14. The standard InChI is InChI=1S/C11H18N2O3S/c1-8(2)9(3)13(4)17(15,16)11-7-12-6-5-10(11)14/h5-9H,1-4H3,(H,12,14). The Balaban J connectivity index is 3.22. The molecule has 0 aliphatic heterocycles. The minimum Gasteiger partial charge on any atom is -0.366 e. The largest absolute Gasteiger partial charge is 0.366 e. The highest BCUT2D eigenvalue weighted by Crippen LogP contribution is 2.16. The van der Waals surface area contributed by atoms with Gasteiger partial charge in [0.25, 0.3) is 0 Å². The molecule has 0 saturated heterocycles. The first-order valence-electron chi connectivity index (χ1n) is 5.43. The SMILES string of the molecule is CC(C)C(C)N(C)S(=O)(=O)c1c[nH]ccc1=O. The lowest BCUT2D eigenvalue weighted by Gasteiger charge is -2.26. The summed E-state index contributed by atoms with van der Waals surface area (Å²) in [5, 5.41) is 0. The van der Waals surface area contributed by atoms with Crippen molar-refractivity contribution in [2.45, 2.75) is 31.7 Å². The molecule has 0 aliphatic rings. The molecule has 17 heavy (non-hydrogen) atoms. The lowest BCUT2D eigenvalue weighted by molar-refractivity contribution is 0.315. The maximum absolute atomic E-state index is 12.2. The summed E-state index contributed by atoms with van der Waals surface area (Å²) in [6.45, 7) is 5.69. The van der Waals surface area contributed by atoms with Crippen LogP contribution in [-0.4, -0.2) is 30.8 Å². The average molecular weight is 258 g/mol. The number of pyridine rings is 1. The van der Waals surface area contributed by atoms with Crippen LogP contribution in [0.5, 0.6) is 0 Å². The molecular formula is C11H18N2O3S. The molecule has 96 valence electrons. The molecule has 5 nitrogen and oxygen atoms in total. The Kier molecular flexibility index (Phi) is 4.11. The van der Waals surface area contributed by atoms with Crippen molar-refractivity contribution in [1.82, 2.24) is 9.29 Å². The van der Waals surface area contributed by atoms with Crippen LogP contribution >= 0.6 is 0 Å². The molecule has 0 amide bonds. The quantitative estimate of drug-likeness (QED) is 0.877. The van der Waals surface area contributed by atoms with Crippen LogP contribution in [0.4, 0.5) is 0 Å². The predicted octanol–water partition coefficient (Wildman–Crippen LogP) is 1.04. The zero-order valence-electron chi connectivity index (χ0n) is 10.5. The van der Waals surface area contributed by atoms with Crippen molar-refractivity contribution in [3.63, 3.8) is 0 Å². The number of aromatic amines is 1. The second-order valence-electron chi connectivity index (χ2n) is 4.38. The van der Waals surface area contributed by atoms with E-state index >= 15 is 0 Å². The molecule has 1 heterocycles. The summed E-state index contributed by atoms with van der Waals surface area (Å²) in [6.07, 6.45) is 2.63. The third kappa shape index (κ3) is 2.76. The van der Waals surface area contributed by atoms with Crippen molar-refractivity contribution in [3.8, 4) is 0 Å². The maximum Gasteiger partial charge on any atom is 0.248 e. The van der Waals surface area contributed by atoms with Crippen LogP contribution in [0.15, 0.2) is 28.2 Å². The van der Waals surface area contributed by atoms with Gasteiger partial charge in [0.1, 0.15) is 4.90 Å². The summed E-state index contributed by atoms with van der Waals surface area (Å²) in [5.41, 5.74) is -0.494. The van der Waals surface area contributed by atoms with Crippen LogP contribution in [0.25, 0.3) is 0 Å². The molecule has 0 aromatic carbocycles. The number of nitrogens with one attached hydrogen (secondary N) is 1. The molecule has 1 rings (SSSR count). The van der Waals surface area contributed by atoms with Gasteiger partial charge in [-0.25, -0.2) is 8.42 Å². The van der Waals surface area contributed by atoms with E-state index in [2.05, 4.69) is 4.98 Å². The van der Waals surface area contributed by atoms with Crippen LogP contribution in [0.1, 0.15) is 20.8 Å². The highest BCUT2D eigenvalue weighted by Gasteiger charge is 2.28. The Morgan fingerprint density at radius 2 is 1.88 bits per heavy atom. The van der Waals surface area contributed by atoms with Crippen molar-refractivity contribution < 1.29 is 8.42 Å².